The van der Waals surface area contributed by atoms with Crippen LogP contribution in [0.5, 0.6) is 0 Å². The van der Waals surface area contributed by atoms with Gasteiger partial charge in [-0.3, -0.25) is 0 Å². The molecule has 0 fully saturated rings. The highest BCUT2D eigenvalue weighted by molar-refractivity contribution is 5.52. The van der Waals surface area contributed by atoms with E-state index in [-0.39, 0.29) is 0 Å². The molecule has 0 nitrogen and oxygen atoms in total. The Morgan fingerprint density at radius 1 is 0.458 bits per heavy atom. The van der Waals surface area contributed by atoms with E-state index in [1.165, 1.54) is 0 Å². The van der Waals surface area contributed by atoms with E-state index in [4.69, 9.17) is 0 Å². The number of rotatable bonds is 0. The highest BCUT2D eigenvalue weighted by atomic mass is 13.9. The molecule has 0 heteroatoms. The van der Waals surface area contributed by atoms with Crippen LogP contribution in [0.15, 0.2) is 108 Å². The minimum Gasteiger partial charge on any atom is -0.0622 e. The van der Waals surface area contributed by atoms with Crippen LogP contribution in [0.4, 0.5) is 0 Å². The summed E-state index contributed by atoms with van der Waals surface area (Å²) in [7, 11) is 0. The Morgan fingerprint density at radius 2 is 0.875 bits per heavy atom. The standard InChI is InChI=1S/C24H16/c1-3-9-21(10-4-1)15-17-23-13-7-8-14-24(20-19-23)18-16-22-11-5-2-6-12-22/h1-14,19-20H/b8-7?,13-7-,14-8-,20-19?,23-13?,23-19+,24-14?,24-20+. The smallest absolute Gasteiger partial charge is 0.0249 e. The second kappa shape index (κ2) is 8.23. The molecule has 0 bridgehead atoms. The predicted octanol–water partition coefficient (Wildman–Crippen LogP) is 5.07. The van der Waals surface area contributed by atoms with Crippen molar-refractivity contribution in [1.82, 2.24) is 0 Å². The van der Waals surface area contributed by atoms with Gasteiger partial charge < -0.3 is 0 Å². The molecule has 3 rings (SSSR count). The van der Waals surface area contributed by atoms with Crippen molar-refractivity contribution in [3.63, 3.8) is 0 Å². The fourth-order valence-corrected chi connectivity index (χ4v) is 2.11. The molecule has 0 radical (unpaired) electrons. The van der Waals surface area contributed by atoms with Gasteiger partial charge in [0, 0.05) is 22.3 Å². The lowest BCUT2D eigenvalue weighted by Gasteiger charge is -1.95. The Labute approximate surface area is 143 Å². The van der Waals surface area contributed by atoms with E-state index in [9.17, 15) is 0 Å². The molecule has 0 unspecified atom stereocenters. The van der Waals surface area contributed by atoms with Crippen molar-refractivity contribution in [3.05, 3.63) is 119 Å². The lowest BCUT2D eigenvalue weighted by atomic mass is 10.1. The predicted molar refractivity (Wildman–Crippen MR) is 101 cm³/mol. The third kappa shape index (κ3) is 4.77. The van der Waals surface area contributed by atoms with Gasteiger partial charge in [0.15, 0.2) is 0 Å². The van der Waals surface area contributed by atoms with E-state index in [2.05, 4.69) is 23.7 Å². The maximum Gasteiger partial charge on any atom is 0.0249 e. The first-order valence-corrected chi connectivity index (χ1v) is 7.81. The molecule has 1 aliphatic rings. The van der Waals surface area contributed by atoms with E-state index in [0.29, 0.717) is 0 Å². The Kier molecular flexibility index (Phi) is 5.29. The minimum absolute atomic E-state index is 0.960. The monoisotopic (exact) mass is 304 g/mol. The van der Waals surface area contributed by atoms with Crippen LogP contribution in [0.1, 0.15) is 11.1 Å². The van der Waals surface area contributed by atoms with Gasteiger partial charge in [-0.05, 0) is 48.6 Å². The van der Waals surface area contributed by atoms with E-state index in [1.807, 2.05) is 97.1 Å². The lowest BCUT2D eigenvalue weighted by Crippen LogP contribution is -1.80. The summed E-state index contributed by atoms with van der Waals surface area (Å²) in [5.41, 5.74) is 3.94. The Hall–Kier alpha value is -3.48. The summed E-state index contributed by atoms with van der Waals surface area (Å²) >= 11 is 0. The molecule has 0 aromatic heterocycles. The van der Waals surface area contributed by atoms with Gasteiger partial charge in [-0.1, -0.05) is 72.2 Å². The molecule has 2 aromatic rings. The summed E-state index contributed by atoms with van der Waals surface area (Å²) in [5, 5.41) is 0. The van der Waals surface area contributed by atoms with Gasteiger partial charge in [0.25, 0.3) is 0 Å². The summed E-state index contributed by atoms with van der Waals surface area (Å²) in [6, 6.07) is 20.0. The van der Waals surface area contributed by atoms with Gasteiger partial charge in [-0.25, -0.2) is 0 Å². The minimum atomic E-state index is 0.960. The van der Waals surface area contributed by atoms with Gasteiger partial charge >= 0.3 is 0 Å². The van der Waals surface area contributed by atoms with Crippen LogP contribution in [-0.2, 0) is 0 Å². The van der Waals surface area contributed by atoms with Crippen LogP contribution >= 0.6 is 0 Å². The molecule has 112 valence electrons. The summed E-state index contributed by atoms with van der Waals surface area (Å²) in [5.74, 6) is 12.7. The van der Waals surface area contributed by atoms with Crippen molar-refractivity contribution >= 4 is 0 Å². The van der Waals surface area contributed by atoms with E-state index in [1.54, 1.807) is 0 Å². The third-order valence-electron chi connectivity index (χ3n) is 3.36. The van der Waals surface area contributed by atoms with Crippen LogP contribution in [0.25, 0.3) is 0 Å². The molecule has 0 atom stereocenters. The fraction of sp³-hybridized carbons (Fsp3) is 0. The van der Waals surface area contributed by atoms with Crippen LogP contribution in [0.3, 0.4) is 0 Å². The molecule has 0 aliphatic heterocycles. The van der Waals surface area contributed by atoms with Crippen LogP contribution in [0.2, 0.25) is 0 Å². The first-order valence-electron chi connectivity index (χ1n) is 7.81. The molecule has 1 aliphatic carbocycles. The Balaban J connectivity index is 1.81. The topological polar surface area (TPSA) is 0 Å². The molecule has 0 saturated heterocycles. The first-order chi connectivity index (χ1) is 11.9. The highest BCUT2D eigenvalue weighted by Gasteiger charge is 1.91. The van der Waals surface area contributed by atoms with Crippen molar-refractivity contribution in [2.24, 2.45) is 0 Å². The fourth-order valence-electron chi connectivity index (χ4n) is 2.11. The van der Waals surface area contributed by atoms with E-state index in [0.717, 1.165) is 22.3 Å². The molecule has 0 spiro atoms. The van der Waals surface area contributed by atoms with Gasteiger partial charge in [0.05, 0.1) is 0 Å². The zero-order chi connectivity index (χ0) is 16.5. The summed E-state index contributed by atoms with van der Waals surface area (Å²) < 4.78 is 0. The molecule has 24 heavy (non-hydrogen) atoms. The normalized spacial score (nSPS) is 19.5. The molecular formula is C24H16. The van der Waals surface area contributed by atoms with E-state index < -0.39 is 0 Å². The molecule has 2 aromatic carbocycles. The van der Waals surface area contributed by atoms with Crippen LogP contribution in [0, 0.1) is 23.7 Å². The average Bonchev–Trinajstić information content (AvgIpc) is 2.62. The SMILES string of the molecule is C(#Cc1ccccc1)C1=C/C=C(C#Cc2ccccc2)\C=C/C=C\1. The van der Waals surface area contributed by atoms with Crippen molar-refractivity contribution in [2.75, 3.05) is 0 Å². The summed E-state index contributed by atoms with van der Waals surface area (Å²) in [6.45, 7) is 0. The summed E-state index contributed by atoms with van der Waals surface area (Å²) in [4.78, 5) is 0. The van der Waals surface area contributed by atoms with Gasteiger partial charge in [0.2, 0.25) is 0 Å². The zero-order valence-electron chi connectivity index (χ0n) is 13.2. The van der Waals surface area contributed by atoms with Gasteiger partial charge in [-0.15, -0.1) is 0 Å². The number of hydrogen-bond acceptors (Lipinski definition) is 0. The molecular weight excluding hydrogens is 288 g/mol. The van der Waals surface area contributed by atoms with Crippen LogP contribution < -0.4 is 0 Å². The summed E-state index contributed by atoms with van der Waals surface area (Å²) in [6.07, 6.45) is 12.0. The average molecular weight is 304 g/mol. The zero-order valence-corrected chi connectivity index (χ0v) is 13.2. The lowest BCUT2D eigenvalue weighted by molar-refractivity contribution is 1.62. The van der Waals surface area contributed by atoms with Crippen molar-refractivity contribution in [1.29, 1.82) is 0 Å². The molecule has 0 N–H and O–H groups in total. The van der Waals surface area contributed by atoms with E-state index >= 15 is 0 Å². The number of allylic oxidation sites excluding steroid dienone is 8. The molecule has 0 heterocycles. The Morgan fingerprint density at radius 3 is 1.29 bits per heavy atom. The van der Waals surface area contributed by atoms with Crippen molar-refractivity contribution in [2.45, 2.75) is 0 Å². The Bertz CT molecular complexity index is 848. The number of hydrogen-bond donors (Lipinski definition) is 0. The molecule has 0 amide bonds. The second-order valence-corrected chi connectivity index (χ2v) is 5.19. The maximum atomic E-state index is 3.20. The third-order valence-corrected chi connectivity index (χ3v) is 3.36. The van der Waals surface area contributed by atoms with Crippen molar-refractivity contribution in [3.8, 4) is 23.7 Å². The second-order valence-electron chi connectivity index (χ2n) is 5.19. The van der Waals surface area contributed by atoms with Crippen molar-refractivity contribution < 1.29 is 0 Å². The quantitative estimate of drug-likeness (QED) is 0.596. The van der Waals surface area contributed by atoms with Gasteiger partial charge in [0.1, 0.15) is 0 Å². The largest absolute Gasteiger partial charge is 0.0622 e. The van der Waals surface area contributed by atoms with Crippen LogP contribution in [-0.4, -0.2) is 0 Å². The maximum absolute atomic E-state index is 3.20. The molecule has 0 saturated carbocycles. The highest BCUT2D eigenvalue weighted by Crippen LogP contribution is 2.07. The number of benzene rings is 2. The van der Waals surface area contributed by atoms with Gasteiger partial charge in [-0.2, -0.15) is 0 Å². The first kappa shape index (κ1) is 15.4.